The highest BCUT2D eigenvalue weighted by molar-refractivity contribution is 5.85. The number of aryl methyl sites for hydroxylation is 1. The van der Waals surface area contributed by atoms with Gasteiger partial charge in [-0.05, 0) is 47.6 Å². The number of benzene rings is 1. The van der Waals surface area contributed by atoms with E-state index >= 15 is 0 Å². The molecule has 2 rings (SSSR count). The Morgan fingerprint density at radius 2 is 1.90 bits per heavy atom. The largest absolute Gasteiger partial charge is 0.347 e. The molecule has 2 heteroatoms. The quantitative estimate of drug-likeness (QED) is 0.878. The van der Waals surface area contributed by atoms with Crippen LogP contribution >= 0.6 is 0 Å². The summed E-state index contributed by atoms with van der Waals surface area (Å²) in [6.45, 7) is 13.1. The summed E-state index contributed by atoms with van der Waals surface area (Å²) in [5.41, 5.74) is 10.0. The van der Waals surface area contributed by atoms with Crippen LogP contribution in [0, 0.1) is 0 Å². The number of nitrogens with two attached hydrogens (primary N) is 1. The van der Waals surface area contributed by atoms with Crippen molar-refractivity contribution in [3.8, 4) is 0 Å². The van der Waals surface area contributed by atoms with Crippen LogP contribution in [0.2, 0.25) is 0 Å². The minimum absolute atomic E-state index is 0.196. The smallest absolute Gasteiger partial charge is 0.0483 e. The maximum Gasteiger partial charge on any atom is 0.0483 e. The van der Waals surface area contributed by atoms with E-state index in [1.807, 2.05) is 0 Å². The molecule has 2 nitrogen and oxygen atoms in total. The van der Waals surface area contributed by atoms with E-state index in [1.54, 1.807) is 0 Å². The average Bonchev–Trinajstić information content (AvgIpc) is 2.73. The van der Waals surface area contributed by atoms with E-state index in [0.717, 1.165) is 19.5 Å². The van der Waals surface area contributed by atoms with Gasteiger partial charge in [0.05, 0.1) is 0 Å². The Balaban J connectivity index is 2.58. The van der Waals surface area contributed by atoms with Crippen LogP contribution < -0.4 is 5.73 Å². The first-order valence-corrected chi connectivity index (χ1v) is 7.68. The number of aromatic nitrogens is 1. The van der Waals surface area contributed by atoms with Crippen LogP contribution in [0.5, 0.6) is 0 Å². The summed E-state index contributed by atoms with van der Waals surface area (Å²) < 4.78 is 2.37. The molecule has 2 N–H and O–H groups in total. The van der Waals surface area contributed by atoms with Crippen LogP contribution in [0.4, 0.5) is 0 Å². The van der Waals surface area contributed by atoms with Gasteiger partial charge in [-0.2, -0.15) is 0 Å². The van der Waals surface area contributed by atoms with Gasteiger partial charge >= 0.3 is 0 Å². The number of rotatable bonds is 4. The predicted octanol–water partition coefficient (Wildman–Crippen LogP) is 4.41. The van der Waals surface area contributed by atoms with Gasteiger partial charge in [-0.15, -0.1) is 0 Å². The molecule has 110 valence electrons. The summed E-state index contributed by atoms with van der Waals surface area (Å²) >= 11 is 0. The van der Waals surface area contributed by atoms with E-state index in [4.69, 9.17) is 5.73 Å². The van der Waals surface area contributed by atoms with Crippen molar-refractivity contribution in [1.82, 2.24) is 4.57 Å². The molecule has 0 aliphatic heterocycles. The van der Waals surface area contributed by atoms with Crippen molar-refractivity contribution in [2.45, 2.75) is 58.9 Å². The Labute approximate surface area is 123 Å². The van der Waals surface area contributed by atoms with Gasteiger partial charge in [0.1, 0.15) is 0 Å². The molecule has 1 heterocycles. The fourth-order valence-electron chi connectivity index (χ4n) is 2.70. The van der Waals surface area contributed by atoms with Gasteiger partial charge in [-0.3, -0.25) is 0 Å². The Kier molecular flexibility index (Phi) is 4.24. The number of fused-ring (bicyclic) bond motifs is 1. The summed E-state index contributed by atoms with van der Waals surface area (Å²) in [5, 5.41) is 1.41. The Hall–Kier alpha value is -1.28. The third-order valence-electron chi connectivity index (χ3n) is 4.00. The van der Waals surface area contributed by atoms with Crippen LogP contribution in [-0.2, 0) is 12.0 Å². The SMILES string of the molecule is CC(C)c1cn(CCCN)c2ccc(C(C)(C)C)cc12. The second kappa shape index (κ2) is 5.61. The molecule has 0 bridgehead atoms. The van der Waals surface area contributed by atoms with Crippen molar-refractivity contribution in [2.24, 2.45) is 5.73 Å². The molecular weight excluding hydrogens is 244 g/mol. The zero-order valence-electron chi connectivity index (χ0n) is 13.5. The third kappa shape index (κ3) is 2.90. The van der Waals surface area contributed by atoms with Crippen LogP contribution in [0.1, 0.15) is 58.1 Å². The van der Waals surface area contributed by atoms with E-state index in [0.29, 0.717) is 5.92 Å². The molecule has 0 aliphatic rings. The summed E-state index contributed by atoms with van der Waals surface area (Å²) in [7, 11) is 0. The average molecular weight is 272 g/mol. The van der Waals surface area contributed by atoms with Gasteiger partial charge in [0.2, 0.25) is 0 Å². The van der Waals surface area contributed by atoms with E-state index in [9.17, 15) is 0 Å². The lowest BCUT2D eigenvalue weighted by Gasteiger charge is -2.19. The monoisotopic (exact) mass is 272 g/mol. The molecule has 2 aromatic rings. The molecule has 0 saturated carbocycles. The van der Waals surface area contributed by atoms with Gasteiger partial charge in [0.15, 0.2) is 0 Å². The lowest BCUT2D eigenvalue weighted by atomic mass is 9.86. The molecule has 0 aliphatic carbocycles. The zero-order valence-corrected chi connectivity index (χ0v) is 13.5. The topological polar surface area (TPSA) is 30.9 Å². The normalized spacial score (nSPS) is 12.6. The first-order chi connectivity index (χ1) is 9.34. The van der Waals surface area contributed by atoms with Crippen molar-refractivity contribution in [2.75, 3.05) is 6.54 Å². The minimum Gasteiger partial charge on any atom is -0.347 e. The van der Waals surface area contributed by atoms with Gasteiger partial charge < -0.3 is 10.3 Å². The van der Waals surface area contributed by atoms with E-state index in [-0.39, 0.29) is 5.41 Å². The Bertz CT molecular complexity index is 585. The van der Waals surface area contributed by atoms with Crippen molar-refractivity contribution >= 4 is 10.9 Å². The van der Waals surface area contributed by atoms with E-state index in [1.165, 1.54) is 22.0 Å². The lowest BCUT2D eigenvalue weighted by Crippen LogP contribution is -2.10. The van der Waals surface area contributed by atoms with Gasteiger partial charge in [0, 0.05) is 23.6 Å². The van der Waals surface area contributed by atoms with Crippen LogP contribution in [-0.4, -0.2) is 11.1 Å². The number of hydrogen-bond acceptors (Lipinski definition) is 1. The fourth-order valence-corrected chi connectivity index (χ4v) is 2.70. The van der Waals surface area contributed by atoms with Crippen molar-refractivity contribution in [3.05, 3.63) is 35.5 Å². The molecule has 0 atom stereocenters. The molecule has 0 unspecified atom stereocenters. The highest BCUT2D eigenvalue weighted by Gasteiger charge is 2.17. The fraction of sp³-hybridized carbons (Fsp3) is 0.556. The molecule has 0 amide bonds. The maximum atomic E-state index is 5.65. The van der Waals surface area contributed by atoms with Crippen molar-refractivity contribution in [3.63, 3.8) is 0 Å². The molecule has 0 radical (unpaired) electrons. The predicted molar refractivity (Wildman–Crippen MR) is 88.4 cm³/mol. The minimum atomic E-state index is 0.196. The first kappa shape index (κ1) is 15.1. The maximum absolute atomic E-state index is 5.65. The molecule has 0 spiro atoms. The third-order valence-corrected chi connectivity index (χ3v) is 4.00. The summed E-state index contributed by atoms with van der Waals surface area (Å²) in [6.07, 6.45) is 3.35. The van der Waals surface area contributed by atoms with Gasteiger partial charge in [0.25, 0.3) is 0 Å². The van der Waals surface area contributed by atoms with Gasteiger partial charge in [-0.1, -0.05) is 40.7 Å². The Morgan fingerprint density at radius 3 is 2.45 bits per heavy atom. The molecule has 0 fully saturated rings. The van der Waals surface area contributed by atoms with Crippen LogP contribution in [0.3, 0.4) is 0 Å². The molecule has 20 heavy (non-hydrogen) atoms. The number of hydrogen-bond donors (Lipinski definition) is 1. The number of nitrogens with zero attached hydrogens (tertiary/aromatic N) is 1. The summed E-state index contributed by atoms with van der Waals surface area (Å²) in [4.78, 5) is 0. The van der Waals surface area contributed by atoms with E-state index < -0.39 is 0 Å². The van der Waals surface area contributed by atoms with Crippen LogP contribution in [0.15, 0.2) is 24.4 Å². The summed E-state index contributed by atoms with van der Waals surface area (Å²) in [6, 6.07) is 6.92. The second-order valence-electron chi connectivity index (χ2n) is 7.06. The highest BCUT2D eigenvalue weighted by atomic mass is 15.0. The first-order valence-electron chi connectivity index (χ1n) is 7.68. The molecule has 1 aromatic heterocycles. The summed E-state index contributed by atoms with van der Waals surface area (Å²) in [5.74, 6) is 0.548. The Morgan fingerprint density at radius 1 is 1.20 bits per heavy atom. The van der Waals surface area contributed by atoms with Crippen molar-refractivity contribution < 1.29 is 0 Å². The molecule has 1 aromatic carbocycles. The van der Waals surface area contributed by atoms with E-state index in [2.05, 4.69) is 63.6 Å². The van der Waals surface area contributed by atoms with Crippen LogP contribution in [0.25, 0.3) is 10.9 Å². The van der Waals surface area contributed by atoms with Crippen molar-refractivity contribution in [1.29, 1.82) is 0 Å². The lowest BCUT2D eigenvalue weighted by molar-refractivity contribution is 0.591. The highest BCUT2D eigenvalue weighted by Crippen LogP contribution is 2.32. The standard InChI is InChI=1S/C18H28N2/c1-13(2)16-12-20(10-6-9-19)17-8-7-14(11-15(16)17)18(3,4)5/h7-8,11-13H,6,9-10,19H2,1-5H3. The molecule has 0 saturated heterocycles. The zero-order chi connectivity index (χ0) is 14.9. The molecular formula is C18H28N2. The van der Waals surface area contributed by atoms with Gasteiger partial charge in [-0.25, -0.2) is 0 Å². The second-order valence-corrected chi connectivity index (χ2v) is 7.06.